The first-order chi connectivity index (χ1) is 8.65. The number of benzene rings is 1. The summed E-state index contributed by atoms with van der Waals surface area (Å²) in [6.07, 6.45) is 2.24. The number of rotatable bonds is 3. The van der Waals surface area contributed by atoms with Crippen molar-refractivity contribution in [1.29, 1.82) is 0 Å². The van der Waals surface area contributed by atoms with Crippen LogP contribution in [0.4, 0.5) is 0 Å². The second-order valence-corrected chi connectivity index (χ2v) is 5.91. The van der Waals surface area contributed by atoms with Crippen LogP contribution < -0.4 is 5.32 Å². The van der Waals surface area contributed by atoms with Crippen molar-refractivity contribution in [3.63, 3.8) is 0 Å². The van der Waals surface area contributed by atoms with Gasteiger partial charge in [-0.3, -0.25) is 0 Å². The molecule has 1 N–H and O–H groups in total. The Morgan fingerprint density at radius 3 is 2.72 bits per heavy atom. The van der Waals surface area contributed by atoms with E-state index in [9.17, 15) is 0 Å². The molecule has 0 saturated carbocycles. The molecule has 0 spiro atoms. The molecule has 18 heavy (non-hydrogen) atoms. The number of nitrogens with zero attached hydrogens (tertiary/aromatic N) is 1. The van der Waals surface area contributed by atoms with Crippen LogP contribution in [-0.4, -0.2) is 17.7 Å². The minimum Gasteiger partial charge on any atom is -0.347 e. The van der Waals surface area contributed by atoms with E-state index in [0.717, 1.165) is 12.5 Å². The van der Waals surface area contributed by atoms with Gasteiger partial charge in [-0.05, 0) is 47.6 Å². The topological polar surface area (TPSA) is 17.0 Å². The molecule has 0 aliphatic carbocycles. The van der Waals surface area contributed by atoms with Gasteiger partial charge >= 0.3 is 0 Å². The summed E-state index contributed by atoms with van der Waals surface area (Å²) in [5, 5.41) is 4.73. The zero-order valence-corrected chi connectivity index (χ0v) is 11.5. The van der Waals surface area contributed by atoms with Crippen molar-refractivity contribution in [1.82, 2.24) is 9.88 Å². The third kappa shape index (κ3) is 1.95. The van der Waals surface area contributed by atoms with Crippen molar-refractivity contribution in [2.75, 3.05) is 13.1 Å². The van der Waals surface area contributed by atoms with Gasteiger partial charge in [-0.25, -0.2) is 0 Å². The summed E-state index contributed by atoms with van der Waals surface area (Å²) in [4.78, 5) is 0. The largest absolute Gasteiger partial charge is 0.347 e. The van der Waals surface area contributed by atoms with E-state index in [4.69, 9.17) is 0 Å². The molecule has 1 aromatic carbocycles. The lowest BCUT2D eigenvalue weighted by Gasteiger charge is -2.27. The smallest absolute Gasteiger partial charge is 0.0483 e. The van der Waals surface area contributed by atoms with Gasteiger partial charge in [-0.2, -0.15) is 0 Å². The van der Waals surface area contributed by atoms with E-state index in [1.165, 1.54) is 35.1 Å². The summed E-state index contributed by atoms with van der Waals surface area (Å²) in [6, 6.07) is 6.97. The Morgan fingerprint density at radius 1 is 1.33 bits per heavy atom. The average molecular weight is 242 g/mol. The lowest BCUT2D eigenvalue weighted by molar-refractivity contribution is 0.310. The summed E-state index contributed by atoms with van der Waals surface area (Å²) in [5.74, 6) is 1.41. The fourth-order valence-corrected chi connectivity index (χ4v) is 2.90. The van der Waals surface area contributed by atoms with E-state index >= 15 is 0 Å². The molecule has 1 fully saturated rings. The Bertz CT molecular complexity index is 562. The van der Waals surface area contributed by atoms with Crippen LogP contribution >= 0.6 is 0 Å². The van der Waals surface area contributed by atoms with Crippen LogP contribution in [0.1, 0.15) is 30.9 Å². The van der Waals surface area contributed by atoms with Gasteiger partial charge in [0.1, 0.15) is 0 Å². The minimum atomic E-state index is 0.600. The molecule has 0 atom stereocenters. The summed E-state index contributed by atoms with van der Waals surface area (Å²) >= 11 is 0. The Balaban J connectivity index is 2.02. The van der Waals surface area contributed by atoms with Crippen molar-refractivity contribution >= 4 is 10.9 Å². The van der Waals surface area contributed by atoms with Crippen LogP contribution in [-0.2, 0) is 6.54 Å². The molecular formula is C16H22N2. The number of hydrogen-bond acceptors (Lipinski definition) is 1. The fraction of sp³-hybridized carbons (Fsp3) is 0.500. The quantitative estimate of drug-likeness (QED) is 0.874. The first-order valence-electron chi connectivity index (χ1n) is 6.95. The first-order valence-corrected chi connectivity index (χ1v) is 6.95. The third-order valence-electron chi connectivity index (χ3n) is 4.10. The molecule has 0 radical (unpaired) electrons. The van der Waals surface area contributed by atoms with Gasteiger partial charge in [-0.1, -0.05) is 13.8 Å². The number of nitrogens with one attached hydrogen (secondary N) is 1. The van der Waals surface area contributed by atoms with Gasteiger partial charge in [0.05, 0.1) is 0 Å². The molecule has 2 heteroatoms. The zero-order chi connectivity index (χ0) is 12.7. The maximum absolute atomic E-state index is 3.35. The molecule has 1 aliphatic heterocycles. The van der Waals surface area contributed by atoms with Crippen LogP contribution in [0.5, 0.6) is 0 Å². The summed E-state index contributed by atoms with van der Waals surface area (Å²) in [7, 11) is 0. The molecule has 1 aliphatic rings. The van der Waals surface area contributed by atoms with Crippen molar-refractivity contribution in [3.8, 4) is 0 Å². The molecule has 0 bridgehead atoms. The van der Waals surface area contributed by atoms with Crippen molar-refractivity contribution in [2.24, 2.45) is 5.92 Å². The molecule has 1 aromatic heterocycles. The maximum atomic E-state index is 3.35. The van der Waals surface area contributed by atoms with E-state index in [1.807, 2.05) is 0 Å². The van der Waals surface area contributed by atoms with Gasteiger partial charge < -0.3 is 9.88 Å². The molecular weight excluding hydrogens is 220 g/mol. The van der Waals surface area contributed by atoms with Gasteiger partial charge in [0.25, 0.3) is 0 Å². The molecule has 1 saturated heterocycles. The van der Waals surface area contributed by atoms with Crippen LogP contribution in [0.25, 0.3) is 10.9 Å². The fourth-order valence-electron chi connectivity index (χ4n) is 2.90. The molecule has 3 rings (SSSR count). The van der Waals surface area contributed by atoms with Crippen LogP contribution in [0.3, 0.4) is 0 Å². The Kier molecular flexibility index (Phi) is 2.90. The molecule has 2 heterocycles. The predicted molar refractivity (Wildman–Crippen MR) is 77.1 cm³/mol. The lowest BCUT2D eigenvalue weighted by atomic mass is 9.96. The van der Waals surface area contributed by atoms with Gasteiger partial charge in [-0.15, -0.1) is 0 Å². The highest BCUT2D eigenvalue weighted by Crippen LogP contribution is 2.26. The van der Waals surface area contributed by atoms with E-state index < -0.39 is 0 Å². The van der Waals surface area contributed by atoms with Crippen LogP contribution in [0.15, 0.2) is 24.4 Å². The average Bonchev–Trinajstić information content (AvgIpc) is 2.64. The molecule has 0 unspecified atom stereocenters. The van der Waals surface area contributed by atoms with Gasteiger partial charge in [0.2, 0.25) is 0 Å². The first kappa shape index (κ1) is 11.8. The van der Waals surface area contributed by atoms with Crippen molar-refractivity contribution in [3.05, 3.63) is 35.5 Å². The number of aromatic nitrogens is 1. The van der Waals surface area contributed by atoms with Crippen molar-refractivity contribution in [2.45, 2.75) is 33.2 Å². The Hall–Kier alpha value is -1.28. The summed E-state index contributed by atoms with van der Waals surface area (Å²) in [5.41, 5.74) is 4.30. The number of hydrogen-bond donors (Lipinski definition) is 1. The van der Waals surface area contributed by atoms with Crippen LogP contribution in [0, 0.1) is 12.8 Å². The number of aryl methyl sites for hydroxylation is 1. The molecule has 2 nitrogen and oxygen atoms in total. The second kappa shape index (κ2) is 4.43. The third-order valence-corrected chi connectivity index (χ3v) is 4.10. The van der Waals surface area contributed by atoms with Gasteiger partial charge in [0.15, 0.2) is 0 Å². The standard InChI is InChI=1S/C16H22N2/c1-11(2)15-7-16-14(6-12(15)3)4-5-18(16)10-13-8-17-9-13/h4-7,11,13,17H,8-10H2,1-3H3. The highest BCUT2D eigenvalue weighted by molar-refractivity contribution is 5.82. The monoisotopic (exact) mass is 242 g/mol. The number of fused-ring (bicyclic) bond motifs is 1. The Morgan fingerprint density at radius 2 is 2.11 bits per heavy atom. The molecule has 0 amide bonds. The maximum Gasteiger partial charge on any atom is 0.0483 e. The SMILES string of the molecule is Cc1cc2ccn(CC3CNC3)c2cc1C(C)C. The van der Waals surface area contributed by atoms with Crippen LogP contribution in [0.2, 0.25) is 0 Å². The summed E-state index contributed by atoms with van der Waals surface area (Å²) in [6.45, 7) is 10.3. The second-order valence-electron chi connectivity index (χ2n) is 5.91. The molecule has 96 valence electrons. The van der Waals surface area contributed by atoms with Gasteiger partial charge in [0, 0.05) is 37.3 Å². The Labute approximate surface area is 109 Å². The van der Waals surface area contributed by atoms with E-state index in [-0.39, 0.29) is 0 Å². The van der Waals surface area contributed by atoms with E-state index in [1.54, 1.807) is 0 Å². The highest BCUT2D eigenvalue weighted by Gasteiger charge is 2.18. The highest BCUT2D eigenvalue weighted by atomic mass is 15.0. The lowest BCUT2D eigenvalue weighted by Crippen LogP contribution is -2.44. The summed E-state index contributed by atoms with van der Waals surface area (Å²) < 4.78 is 2.42. The minimum absolute atomic E-state index is 0.600. The zero-order valence-electron chi connectivity index (χ0n) is 11.5. The normalized spacial score (nSPS) is 16.4. The van der Waals surface area contributed by atoms with E-state index in [2.05, 4.69) is 55.1 Å². The predicted octanol–water partition coefficient (Wildman–Crippen LogP) is 3.29. The van der Waals surface area contributed by atoms with Crippen molar-refractivity contribution < 1.29 is 0 Å². The van der Waals surface area contributed by atoms with E-state index in [0.29, 0.717) is 5.92 Å². The molecule has 2 aromatic rings.